The summed E-state index contributed by atoms with van der Waals surface area (Å²) < 4.78 is 11.1. The molecule has 1 heterocycles. The smallest absolute Gasteiger partial charge is 0.255 e. The lowest BCUT2D eigenvalue weighted by Gasteiger charge is -2.10. The summed E-state index contributed by atoms with van der Waals surface area (Å²) in [6.45, 7) is 1.95. The molecule has 0 aliphatic carbocycles. The number of ether oxygens (including phenoxy) is 2. The van der Waals surface area contributed by atoms with Crippen LogP contribution in [0.3, 0.4) is 0 Å². The molecule has 0 fully saturated rings. The van der Waals surface area contributed by atoms with Crippen LogP contribution in [0, 0.1) is 6.92 Å². The van der Waals surface area contributed by atoms with Gasteiger partial charge < -0.3 is 14.8 Å². The van der Waals surface area contributed by atoms with Gasteiger partial charge in [0.15, 0.2) is 5.82 Å². The number of hydrogen-bond acceptors (Lipinski definition) is 5. The van der Waals surface area contributed by atoms with E-state index in [1.807, 2.05) is 55.5 Å². The fraction of sp³-hybridized carbons (Fsp3) is 0.0800. The molecule has 0 spiro atoms. The summed E-state index contributed by atoms with van der Waals surface area (Å²) in [5, 5.41) is 2.94. The number of anilines is 1. The number of amides is 1. The van der Waals surface area contributed by atoms with Crippen LogP contribution in [0.25, 0.3) is 11.4 Å². The molecule has 0 bridgehead atoms. The normalized spacial score (nSPS) is 10.4. The summed E-state index contributed by atoms with van der Waals surface area (Å²) >= 11 is 0. The van der Waals surface area contributed by atoms with Gasteiger partial charge in [-0.05, 0) is 42.8 Å². The van der Waals surface area contributed by atoms with Crippen LogP contribution in [0.5, 0.6) is 17.4 Å². The van der Waals surface area contributed by atoms with Crippen molar-refractivity contribution in [3.63, 3.8) is 0 Å². The van der Waals surface area contributed by atoms with E-state index in [9.17, 15) is 4.79 Å². The van der Waals surface area contributed by atoms with Crippen LogP contribution in [0.4, 0.5) is 5.69 Å². The SMILES string of the molecule is COc1cccc(Oc2ccnc(-c3cccc(C(=O)Nc4ccccc4C)c3)n2)c1. The van der Waals surface area contributed by atoms with Crippen molar-refractivity contribution in [3.05, 3.63) is 96.2 Å². The van der Waals surface area contributed by atoms with Gasteiger partial charge in [0.05, 0.1) is 7.11 Å². The minimum Gasteiger partial charge on any atom is -0.497 e. The number of para-hydroxylation sites is 1. The topological polar surface area (TPSA) is 73.3 Å². The molecule has 0 aliphatic rings. The number of carbonyl (C=O) groups excluding carboxylic acids is 1. The largest absolute Gasteiger partial charge is 0.497 e. The first-order chi connectivity index (χ1) is 15.1. The minimum absolute atomic E-state index is 0.195. The summed E-state index contributed by atoms with van der Waals surface area (Å²) in [6, 6.07) is 23.8. The monoisotopic (exact) mass is 411 g/mol. The van der Waals surface area contributed by atoms with Gasteiger partial charge in [-0.2, -0.15) is 4.98 Å². The van der Waals surface area contributed by atoms with Crippen molar-refractivity contribution in [2.24, 2.45) is 0 Å². The zero-order valence-corrected chi connectivity index (χ0v) is 17.2. The van der Waals surface area contributed by atoms with E-state index in [-0.39, 0.29) is 5.91 Å². The Bertz CT molecular complexity index is 1220. The molecule has 4 rings (SSSR count). The first-order valence-electron chi connectivity index (χ1n) is 9.75. The molecular formula is C25H21N3O3. The third-order valence-corrected chi connectivity index (χ3v) is 4.67. The van der Waals surface area contributed by atoms with E-state index < -0.39 is 0 Å². The lowest BCUT2D eigenvalue weighted by Crippen LogP contribution is -2.12. The Morgan fingerprint density at radius 3 is 2.55 bits per heavy atom. The van der Waals surface area contributed by atoms with E-state index in [1.54, 1.807) is 43.6 Å². The highest BCUT2D eigenvalue weighted by atomic mass is 16.5. The molecule has 31 heavy (non-hydrogen) atoms. The van der Waals surface area contributed by atoms with Gasteiger partial charge in [0.1, 0.15) is 11.5 Å². The van der Waals surface area contributed by atoms with Crippen molar-refractivity contribution >= 4 is 11.6 Å². The van der Waals surface area contributed by atoms with Gasteiger partial charge >= 0.3 is 0 Å². The van der Waals surface area contributed by atoms with Crippen molar-refractivity contribution in [1.29, 1.82) is 0 Å². The molecule has 3 aromatic carbocycles. The number of hydrogen-bond donors (Lipinski definition) is 1. The number of methoxy groups -OCH3 is 1. The lowest BCUT2D eigenvalue weighted by atomic mass is 10.1. The van der Waals surface area contributed by atoms with Gasteiger partial charge in [0.2, 0.25) is 5.88 Å². The highest BCUT2D eigenvalue weighted by Gasteiger charge is 2.11. The molecule has 1 aromatic heterocycles. The third kappa shape index (κ3) is 4.87. The van der Waals surface area contributed by atoms with Crippen LogP contribution < -0.4 is 14.8 Å². The molecule has 6 nitrogen and oxygen atoms in total. The number of aromatic nitrogens is 2. The van der Waals surface area contributed by atoms with Crippen molar-refractivity contribution in [3.8, 4) is 28.8 Å². The third-order valence-electron chi connectivity index (χ3n) is 4.67. The molecule has 0 atom stereocenters. The van der Waals surface area contributed by atoms with E-state index in [0.29, 0.717) is 34.3 Å². The van der Waals surface area contributed by atoms with Crippen LogP contribution in [0.1, 0.15) is 15.9 Å². The van der Waals surface area contributed by atoms with E-state index in [4.69, 9.17) is 9.47 Å². The quantitative estimate of drug-likeness (QED) is 0.453. The highest BCUT2D eigenvalue weighted by molar-refractivity contribution is 6.05. The predicted octanol–water partition coefficient (Wildman–Crippen LogP) is 5.51. The Kier molecular flexibility index (Phi) is 5.89. The summed E-state index contributed by atoms with van der Waals surface area (Å²) in [4.78, 5) is 21.6. The Morgan fingerprint density at radius 1 is 0.903 bits per heavy atom. The van der Waals surface area contributed by atoms with Crippen LogP contribution in [0.2, 0.25) is 0 Å². The maximum atomic E-state index is 12.7. The summed E-state index contributed by atoms with van der Waals surface area (Å²) in [7, 11) is 1.60. The second-order valence-corrected chi connectivity index (χ2v) is 6.85. The van der Waals surface area contributed by atoms with Gasteiger partial charge in [-0.1, -0.05) is 36.4 Å². The number of benzene rings is 3. The minimum atomic E-state index is -0.195. The Labute approximate surface area is 180 Å². The Balaban J connectivity index is 1.55. The zero-order valence-electron chi connectivity index (χ0n) is 17.2. The molecule has 4 aromatic rings. The van der Waals surface area contributed by atoms with Crippen LogP contribution in [0.15, 0.2) is 85.1 Å². The summed E-state index contributed by atoms with van der Waals surface area (Å²) in [5.74, 6) is 1.97. The van der Waals surface area contributed by atoms with Gasteiger partial charge in [0.25, 0.3) is 5.91 Å². The number of rotatable bonds is 6. The summed E-state index contributed by atoms with van der Waals surface area (Å²) in [6.07, 6.45) is 1.62. The molecule has 0 radical (unpaired) electrons. The maximum Gasteiger partial charge on any atom is 0.255 e. The maximum absolute atomic E-state index is 12.7. The van der Waals surface area contributed by atoms with Crippen molar-refractivity contribution in [2.45, 2.75) is 6.92 Å². The van der Waals surface area contributed by atoms with Crippen molar-refractivity contribution < 1.29 is 14.3 Å². The van der Waals surface area contributed by atoms with E-state index in [1.165, 1.54) is 0 Å². The number of aryl methyl sites for hydroxylation is 1. The predicted molar refractivity (Wildman–Crippen MR) is 120 cm³/mol. The lowest BCUT2D eigenvalue weighted by molar-refractivity contribution is 0.102. The number of nitrogens with one attached hydrogen (secondary N) is 1. The summed E-state index contributed by atoms with van der Waals surface area (Å²) in [5.41, 5.74) is 3.01. The van der Waals surface area contributed by atoms with Gasteiger partial charge in [0, 0.05) is 35.1 Å². The molecular weight excluding hydrogens is 390 g/mol. The molecule has 0 aliphatic heterocycles. The Morgan fingerprint density at radius 2 is 1.71 bits per heavy atom. The van der Waals surface area contributed by atoms with E-state index in [0.717, 1.165) is 11.3 Å². The van der Waals surface area contributed by atoms with Crippen molar-refractivity contribution in [1.82, 2.24) is 9.97 Å². The molecule has 6 heteroatoms. The van der Waals surface area contributed by atoms with Gasteiger partial charge in [-0.15, -0.1) is 0 Å². The van der Waals surface area contributed by atoms with Gasteiger partial charge in [-0.3, -0.25) is 4.79 Å². The zero-order chi connectivity index (χ0) is 21.6. The number of nitrogens with zero attached hydrogens (tertiary/aromatic N) is 2. The Hall–Kier alpha value is -4.19. The molecule has 0 unspecified atom stereocenters. The van der Waals surface area contributed by atoms with Gasteiger partial charge in [-0.25, -0.2) is 4.98 Å². The van der Waals surface area contributed by atoms with E-state index in [2.05, 4.69) is 15.3 Å². The second kappa shape index (κ2) is 9.09. The first kappa shape index (κ1) is 20.1. The molecule has 0 saturated carbocycles. The second-order valence-electron chi connectivity index (χ2n) is 6.85. The average Bonchev–Trinajstić information content (AvgIpc) is 2.81. The van der Waals surface area contributed by atoms with Crippen molar-refractivity contribution in [2.75, 3.05) is 12.4 Å². The standard InChI is InChI=1S/C25H21N3O3/c1-17-7-3-4-12-22(17)27-25(29)19-9-5-8-18(15-19)24-26-14-13-23(28-24)31-21-11-6-10-20(16-21)30-2/h3-16H,1-2H3,(H,27,29). The number of carbonyl (C=O) groups is 1. The molecule has 154 valence electrons. The van der Waals surface area contributed by atoms with Crippen LogP contribution in [-0.4, -0.2) is 23.0 Å². The molecule has 1 N–H and O–H groups in total. The highest BCUT2D eigenvalue weighted by Crippen LogP contribution is 2.26. The molecule has 0 saturated heterocycles. The fourth-order valence-corrected chi connectivity index (χ4v) is 3.03. The van der Waals surface area contributed by atoms with Crippen LogP contribution >= 0.6 is 0 Å². The van der Waals surface area contributed by atoms with Crippen LogP contribution in [-0.2, 0) is 0 Å². The average molecular weight is 411 g/mol. The fourth-order valence-electron chi connectivity index (χ4n) is 3.03. The molecule has 1 amide bonds. The first-order valence-corrected chi connectivity index (χ1v) is 9.75. The van der Waals surface area contributed by atoms with E-state index >= 15 is 0 Å².